The van der Waals surface area contributed by atoms with Crippen LogP contribution in [0.3, 0.4) is 0 Å². The fourth-order valence-corrected chi connectivity index (χ4v) is 3.29. The number of anilines is 1. The number of nitrogens with one attached hydrogen (secondary N) is 1. The van der Waals surface area contributed by atoms with Gasteiger partial charge in [0.1, 0.15) is 0 Å². The summed E-state index contributed by atoms with van der Waals surface area (Å²) in [6.45, 7) is 1.01. The lowest BCUT2D eigenvalue weighted by Gasteiger charge is -2.16. The maximum Gasteiger partial charge on any atom is 0.262 e. The van der Waals surface area contributed by atoms with E-state index in [0.717, 1.165) is 21.8 Å². The third-order valence-corrected chi connectivity index (χ3v) is 4.49. The van der Waals surface area contributed by atoms with Crippen molar-refractivity contribution in [2.75, 3.05) is 32.9 Å². The number of hydrogen-bond donors (Lipinski definition) is 2. The van der Waals surface area contributed by atoms with Crippen LogP contribution in [0.2, 0.25) is 0 Å². The molecule has 0 aliphatic carbocycles. The Morgan fingerprint density at radius 1 is 1.08 bits per heavy atom. The smallest absolute Gasteiger partial charge is 0.262 e. The van der Waals surface area contributed by atoms with Crippen LogP contribution in [0.4, 0.5) is 5.69 Å². The summed E-state index contributed by atoms with van der Waals surface area (Å²) in [7, 11) is 3.83. The molecule has 1 aromatic heterocycles. The summed E-state index contributed by atoms with van der Waals surface area (Å²) < 4.78 is 0. The molecule has 4 rings (SSSR count). The summed E-state index contributed by atoms with van der Waals surface area (Å²) in [4.78, 5) is 32.1. The second kappa shape index (κ2) is 5.07. The fourth-order valence-electron chi connectivity index (χ4n) is 3.29. The number of aromatic amines is 1. The molecule has 6 heteroatoms. The van der Waals surface area contributed by atoms with E-state index < -0.39 is 0 Å². The van der Waals surface area contributed by atoms with Gasteiger partial charge in [0.2, 0.25) is 0 Å². The number of likely N-dealkylation sites (N-methyl/N-ethyl adjacent to an activating group) is 1. The maximum absolute atomic E-state index is 12.9. The number of nitrogens with two attached hydrogens (primary N) is 1. The number of fused-ring (bicyclic) bond motifs is 5. The second-order valence-corrected chi connectivity index (χ2v) is 6.41. The maximum atomic E-state index is 12.9. The zero-order valence-corrected chi connectivity index (χ0v) is 13.6. The molecule has 0 radical (unpaired) electrons. The zero-order valence-electron chi connectivity index (χ0n) is 13.6. The van der Waals surface area contributed by atoms with Crippen molar-refractivity contribution in [3.8, 4) is 0 Å². The van der Waals surface area contributed by atoms with Crippen molar-refractivity contribution in [3.05, 3.63) is 41.5 Å². The minimum atomic E-state index is -0.231. The van der Waals surface area contributed by atoms with Gasteiger partial charge in [-0.05, 0) is 44.4 Å². The Balaban J connectivity index is 1.93. The molecular formula is C18H18N4O2. The standard InChI is InChI=1S/C18H18N4O2/c1-21(2)7-8-22-17(23)11-4-6-14-15(16(11)18(22)24)12-9-10(19)3-5-13(12)20-14/h3-6,9,20H,7-8,19H2,1-2H3. The van der Waals surface area contributed by atoms with Gasteiger partial charge in [0.05, 0.1) is 11.1 Å². The zero-order chi connectivity index (χ0) is 17.0. The van der Waals surface area contributed by atoms with Gasteiger partial charge in [0, 0.05) is 40.6 Å². The van der Waals surface area contributed by atoms with E-state index in [1.54, 1.807) is 6.07 Å². The van der Waals surface area contributed by atoms with Crippen molar-refractivity contribution in [3.63, 3.8) is 0 Å². The lowest BCUT2D eigenvalue weighted by Crippen LogP contribution is -2.35. The van der Waals surface area contributed by atoms with E-state index in [1.165, 1.54) is 4.90 Å². The number of H-pyrrole nitrogens is 1. The highest BCUT2D eigenvalue weighted by atomic mass is 16.2. The number of carbonyl (C=O) groups excluding carboxylic acids is 2. The molecule has 2 aromatic carbocycles. The number of nitrogen functional groups attached to an aromatic ring is 1. The minimum absolute atomic E-state index is 0.225. The predicted octanol–water partition coefficient (Wildman–Crippen LogP) is 2.06. The highest BCUT2D eigenvalue weighted by Gasteiger charge is 2.37. The molecule has 0 unspecified atom stereocenters. The molecule has 6 nitrogen and oxygen atoms in total. The number of hydrogen-bond acceptors (Lipinski definition) is 4. The molecule has 0 atom stereocenters. The van der Waals surface area contributed by atoms with Gasteiger partial charge in [-0.15, -0.1) is 0 Å². The van der Waals surface area contributed by atoms with E-state index in [2.05, 4.69) is 4.98 Å². The van der Waals surface area contributed by atoms with Crippen LogP contribution in [-0.4, -0.2) is 53.8 Å². The minimum Gasteiger partial charge on any atom is -0.399 e. The first-order valence-electron chi connectivity index (χ1n) is 7.82. The van der Waals surface area contributed by atoms with Crippen molar-refractivity contribution in [1.82, 2.24) is 14.8 Å². The van der Waals surface area contributed by atoms with Gasteiger partial charge in [0.25, 0.3) is 11.8 Å². The Hall–Kier alpha value is -2.86. The predicted molar refractivity (Wildman–Crippen MR) is 94.1 cm³/mol. The summed E-state index contributed by atoms with van der Waals surface area (Å²) in [5, 5.41) is 1.65. The first-order chi connectivity index (χ1) is 11.5. The van der Waals surface area contributed by atoms with Crippen LogP contribution in [0.5, 0.6) is 0 Å². The van der Waals surface area contributed by atoms with Crippen LogP contribution in [-0.2, 0) is 0 Å². The Morgan fingerprint density at radius 3 is 2.58 bits per heavy atom. The molecule has 0 spiro atoms. The molecule has 2 heterocycles. The van der Waals surface area contributed by atoms with Crippen LogP contribution >= 0.6 is 0 Å². The Morgan fingerprint density at radius 2 is 1.83 bits per heavy atom. The summed E-state index contributed by atoms with van der Waals surface area (Å²) in [6.07, 6.45) is 0. The largest absolute Gasteiger partial charge is 0.399 e. The van der Waals surface area contributed by atoms with Gasteiger partial charge < -0.3 is 15.6 Å². The highest BCUT2D eigenvalue weighted by molar-refractivity contribution is 6.30. The third kappa shape index (κ3) is 2.00. The van der Waals surface area contributed by atoms with Crippen molar-refractivity contribution < 1.29 is 9.59 Å². The number of aromatic nitrogens is 1. The Kier molecular flexibility index (Phi) is 3.11. The molecule has 1 aliphatic heterocycles. The van der Waals surface area contributed by atoms with Crippen molar-refractivity contribution in [1.29, 1.82) is 0 Å². The first kappa shape index (κ1) is 14.7. The quantitative estimate of drug-likeness (QED) is 0.571. The SMILES string of the molecule is CN(C)CCN1C(=O)c2ccc3[nH]c4ccc(N)cc4c3c2C1=O. The molecule has 0 saturated heterocycles. The van der Waals surface area contributed by atoms with Crippen LogP contribution < -0.4 is 5.73 Å². The van der Waals surface area contributed by atoms with E-state index in [-0.39, 0.29) is 11.8 Å². The summed E-state index contributed by atoms with van der Waals surface area (Å²) in [5.74, 6) is -0.456. The van der Waals surface area contributed by atoms with Crippen LogP contribution in [0.15, 0.2) is 30.3 Å². The van der Waals surface area contributed by atoms with Crippen molar-refractivity contribution in [2.24, 2.45) is 0 Å². The van der Waals surface area contributed by atoms with E-state index in [0.29, 0.717) is 29.9 Å². The van der Waals surface area contributed by atoms with Gasteiger partial charge in [0.15, 0.2) is 0 Å². The number of nitrogens with zero attached hydrogens (tertiary/aromatic N) is 2. The van der Waals surface area contributed by atoms with Gasteiger partial charge in [-0.3, -0.25) is 14.5 Å². The molecule has 122 valence electrons. The molecule has 3 N–H and O–H groups in total. The normalized spacial score (nSPS) is 14.4. The number of amides is 2. The summed E-state index contributed by atoms with van der Waals surface area (Å²) in [5.41, 5.74) is 9.22. The van der Waals surface area contributed by atoms with E-state index in [9.17, 15) is 9.59 Å². The lowest BCUT2D eigenvalue weighted by atomic mass is 10.0. The average molecular weight is 322 g/mol. The van der Waals surface area contributed by atoms with Gasteiger partial charge >= 0.3 is 0 Å². The molecule has 1 aliphatic rings. The van der Waals surface area contributed by atoms with E-state index in [4.69, 9.17) is 5.73 Å². The van der Waals surface area contributed by atoms with E-state index in [1.807, 2.05) is 43.3 Å². The van der Waals surface area contributed by atoms with E-state index >= 15 is 0 Å². The molecule has 0 saturated carbocycles. The Bertz CT molecular complexity index is 1000. The second-order valence-electron chi connectivity index (χ2n) is 6.41. The molecule has 24 heavy (non-hydrogen) atoms. The molecule has 0 fully saturated rings. The average Bonchev–Trinajstić information content (AvgIpc) is 3.01. The lowest BCUT2D eigenvalue weighted by molar-refractivity contribution is 0.0645. The number of benzene rings is 2. The van der Waals surface area contributed by atoms with Gasteiger partial charge in [-0.25, -0.2) is 0 Å². The van der Waals surface area contributed by atoms with Crippen LogP contribution in [0.25, 0.3) is 21.8 Å². The molecule has 0 bridgehead atoms. The van der Waals surface area contributed by atoms with Gasteiger partial charge in [-0.2, -0.15) is 0 Å². The summed E-state index contributed by atoms with van der Waals surface area (Å²) in [6, 6.07) is 9.13. The number of rotatable bonds is 3. The topological polar surface area (TPSA) is 82.4 Å². The molecule has 3 aromatic rings. The Labute approximate surface area is 138 Å². The fraction of sp³-hybridized carbons (Fsp3) is 0.222. The monoisotopic (exact) mass is 322 g/mol. The summed E-state index contributed by atoms with van der Waals surface area (Å²) >= 11 is 0. The highest BCUT2D eigenvalue weighted by Crippen LogP contribution is 2.35. The van der Waals surface area contributed by atoms with Crippen LogP contribution in [0, 0.1) is 0 Å². The number of imide groups is 1. The van der Waals surface area contributed by atoms with Crippen molar-refractivity contribution >= 4 is 39.3 Å². The van der Waals surface area contributed by atoms with Crippen LogP contribution in [0.1, 0.15) is 20.7 Å². The van der Waals surface area contributed by atoms with Crippen molar-refractivity contribution in [2.45, 2.75) is 0 Å². The molecule has 2 amide bonds. The molecular weight excluding hydrogens is 304 g/mol. The number of carbonyl (C=O) groups is 2. The van der Waals surface area contributed by atoms with Gasteiger partial charge in [-0.1, -0.05) is 0 Å². The third-order valence-electron chi connectivity index (χ3n) is 4.49. The first-order valence-corrected chi connectivity index (χ1v) is 7.82.